The molecule has 0 bridgehead atoms. The Balaban J connectivity index is 2.18. The fourth-order valence-electron chi connectivity index (χ4n) is 3.06. The zero-order valence-corrected chi connectivity index (χ0v) is 13.8. The Morgan fingerprint density at radius 1 is 1.42 bits per heavy atom. The first-order valence-electron chi connectivity index (χ1n) is 7.46. The van der Waals surface area contributed by atoms with E-state index < -0.39 is 0 Å². The van der Waals surface area contributed by atoms with Crippen LogP contribution in [-0.2, 0) is 0 Å². The third kappa shape index (κ3) is 3.32. The lowest BCUT2D eigenvalue weighted by atomic mass is 10.1. The molecule has 0 radical (unpaired) electrons. The molecule has 1 aromatic carbocycles. The average Bonchev–Trinajstić information content (AvgIpc) is 2.87. The number of rotatable bonds is 5. The molecule has 1 saturated heterocycles. The van der Waals surface area contributed by atoms with Crippen LogP contribution in [0, 0.1) is 0 Å². The zero-order chi connectivity index (χ0) is 13.8. The van der Waals surface area contributed by atoms with Crippen LogP contribution in [0.2, 0.25) is 0 Å². The maximum absolute atomic E-state index is 3.74. The quantitative estimate of drug-likeness (QED) is 0.857. The minimum atomic E-state index is 0.397. The fraction of sp³-hybridized carbons (Fsp3) is 0.625. The summed E-state index contributed by atoms with van der Waals surface area (Å²) < 4.78 is 1.22. The predicted octanol–water partition coefficient (Wildman–Crippen LogP) is 4.50. The van der Waals surface area contributed by atoms with Crippen molar-refractivity contribution in [1.29, 1.82) is 0 Å². The number of halogens is 1. The summed E-state index contributed by atoms with van der Waals surface area (Å²) in [6, 6.07) is 7.95. The summed E-state index contributed by atoms with van der Waals surface area (Å²) in [7, 11) is 0. The van der Waals surface area contributed by atoms with Crippen molar-refractivity contribution in [3.8, 4) is 0 Å². The van der Waals surface area contributed by atoms with Gasteiger partial charge in [-0.15, -0.1) is 0 Å². The van der Waals surface area contributed by atoms with Crippen molar-refractivity contribution in [2.45, 2.75) is 52.1 Å². The van der Waals surface area contributed by atoms with Crippen molar-refractivity contribution < 1.29 is 0 Å². The Kier molecular flexibility index (Phi) is 5.28. The van der Waals surface area contributed by atoms with E-state index in [0.29, 0.717) is 6.04 Å². The van der Waals surface area contributed by atoms with E-state index in [0.717, 1.165) is 12.6 Å². The molecule has 19 heavy (non-hydrogen) atoms. The molecule has 1 aliphatic heterocycles. The van der Waals surface area contributed by atoms with E-state index in [1.54, 1.807) is 0 Å². The van der Waals surface area contributed by atoms with Gasteiger partial charge in [0.05, 0.1) is 0 Å². The van der Waals surface area contributed by atoms with E-state index >= 15 is 0 Å². The van der Waals surface area contributed by atoms with Gasteiger partial charge >= 0.3 is 0 Å². The molecule has 2 nitrogen and oxygen atoms in total. The third-order valence-corrected chi connectivity index (χ3v) is 4.83. The molecule has 2 rings (SSSR count). The topological polar surface area (TPSA) is 15.3 Å². The number of nitrogens with one attached hydrogen (secondary N) is 1. The standard InChI is InChI=1S/C16H25BrN2/c1-4-13-7-6-10-19(13)14-8-9-15(16(17)11-14)12(3)18-5-2/h8-9,11-13,18H,4-7,10H2,1-3H3. The number of hydrogen-bond donors (Lipinski definition) is 1. The maximum atomic E-state index is 3.74. The van der Waals surface area contributed by atoms with Crippen molar-refractivity contribution in [1.82, 2.24) is 5.32 Å². The van der Waals surface area contributed by atoms with Crippen LogP contribution in [0.4, 0.5) is 5.69 Å². The second-order valence-corrected chi connectivity index (χ2v) is 6.24. The van der Waals surface area contributed by atoms with E-state index in [2.05, 4.69) is 65.1 Å². The van der Waals surface area contributed by atoms with Crippen LogP contribution in [0.15, 0.2) is 22.7 Å². The highest BCUT2D eigenvalue weighted by molar-refractivity contribution is 9.10. The molecule has 1 fully saturated rings. The van der Waals surface area contributed by atoms with Crippen LogP contribution in [0.3, 0.4) is 0 Å². The molecular formula is C16H25BrN2. The summed E-state index contributed by atoms with van der Waals surface area (Å²) in [4.78, 5) is 2.56. The van der Waals surface area contributed by atoms with E-state index in [4.69, 9.17) is 0 Å². The molecule has 0 aromatic heterocycles. The minimum absolute atomic E-state index is 0.397. The van der Waals surface area contributed by atoms with Gasteiger partial charge in [-0.05, 0) is 50.4 Å². The molecule has 1 aliphatic rings. The van der Waals surface area contributed by atoms with Gasteiger partial charge in [0.15, 0.2) is 0 Å². The van der Waals surface area contributed by atoms with Gasteiger partial charge in [0.1, 0.15) is 0 Å². The first-order valence-corrected chi connectivity index (χ1v) is 8.26. The molecule has 1 N–H and O–H groups in total. The van der Waals surface area contributed by atoms with Gasteiger partial charge in [-0.2, -0.15) is 0 Å². The second-order valence-electron chi connectivity index (χ2n) is 5.38. The van der Waals surface area contributed by atoms with Gasteiger partial charge in [-0.1, -0.05) is 35.8 Å². The SMILES string of the molecule is CCNC(C)c1ccc(N2CCCC2CC)cc1Br. The van der Waals surface area contributed by atoms with Crippen LogP contribution >= 0.6 is 15.9 Å². The van der Waals surface area contributed by atoms with Crippen LogP contribution in [0.1, 0.15) is 51.6 Å². The summed E-state index contributed by atoms with van der Waals surface area (Å²) in [6.07, 6.45) is 3.91. The van der Waals surface area contributed by atoms with E-state index in [1.807, 2.05) is 0 Å². The summed E-state index contributed by atoms with van der Waals surface area (Å²) in [5, 5.41) is 3.47. The molecule has 1 heterocycles. The number of nitrogens with zero attached hydrogens (tertiary/aromatic N) is 1. The fourth-order valence-corrected chi connectivity index (χ4v) is 3.77. The van der Waals surface area contributed by atoms with Crippen LogP contribution in [0.5, 0.6) is 0 Å². The number of anilines is 1. The third-order valence-electron chi connectivity index (χ3n) is 4.14. The monoisotopic (exact) mass is 324 g/mol. The summed E-state index contributed by atoms with van der Waals surface area (Å²) in [6.45, 7) is 8.86. The number of benzene rings is 1. The molecule has 2 atom stereocenters. The summed E-state index contributed by atoms with van der Waals surface area (Å²) in [5.74, 6) is 0. The predicted molar refractivity (Wildman–Crippen MR) is 86.9 cm³/mol. The normalized spacial score (nSPS) is 20.8. The molecule has 0 spiro atoms. The van der Waals surface area contributed by atoms with Crippen molar-refractivity contribution >= 4 is 21.6 Å². The minimum Gasteiger partial charge on any atom is -0.369 e. The Morgan fingerprint density at radius 3 is 2.84 bits per heavy atom. The van der Waals surface area contributed by atoms with Crippen molar-refractivity contribution in [2.75, 3.05) is 18.0 Å². The molecule has 2 unspecified atom stereocenters. The highest BCUT2D eigenvalue weighted by atomic mass is 79.9. The highest BCUT2D eigenvalue weighted by Gasteiger charge is 2.23. The Bertz CT molecular complexity index is 419. The molecule has 1 aromatic rings. The van der Waals surface area contributed by atoms with Gasteiger partial charge in [0.2, 0.25) is 0 Å². The van der Waals surface area contributed by atoms with Gasteiger partial charge in [-0.3, -0.25) is 0 Å². The molecule has 0 aliphatic carbocycles. The maximum Gasteiger partial charge on any atom is 0.0380 e. The highest BCUT2D eigenvalue weighted by Crippen LogP contribution is 2.32. The average molecular weight is 325 g/mol. The molecule has 0 amide bonds. The van der Waals surface area contributed by atoms with Crippen molar-refractivity contribution in [2.24, 2.45) is 0 Å². The lowest BCUT2D eigenvalue weighted by Crippen LogP contribution is -2.28. The smallest absolute Gasteiger partial charge is 0.0380 e. The first kappa shape index (κ1) is 14.9. The van der Waals surface area contributed by atoms with E-state index in [-0.39, 0.29) is 0 Å². The summed E-state index contributed by atoms with van der Waals surface area (Å²) in [5.41, 5.74) is 2.71. The second kappa shape index (κ2) is 6.76. The Hall–Kier alpha value is -0.540. The molecule has 106 valence electrons. The Labute approximate surface area is 125 Å². The summed E-state index contributed by atoms with van der Waals surface area (Å²) >= 11 is 3.74. The molecular weight excluding hydrogens is 300 g/mol. The Morgan fingerprint density at radius 2 is 2.21 bits per heavy atom. The lowest BCUT2D eigenvalue weighted by molar-refractivity contribution is 0.595. The van der Waals surface area contributed by atoms with Gasteiger partial charge in [-0.25, -0.2) is 0 Å². The van der Waals surface area contributed by atoms with E-state index in [9.17, 15) is 0 Å². The molecule has 3 heteroatoms. The first-order chi connectivity index (χ1) is 9.17. The van der Waals surface area contributed by atoms with Crippen molar-refractivity contribution in [3.05, 3.63) is 28.2 Å². The van der Waals surface area contributed by atoms with Crippen LogP contribution in [-0.4, -0.2) is 19.1 Å². The van der Waals surface area contributed by atoms with Gasteiger partial charge in [0, 0.05) is 28.8 Å². The lowest BCUT2D eigenvalue weighted by Gasteiger charge is -2.27. The van der Waals surface area contributed by atoms with Crippen LogP contribution in [0.25, 0.3) is 0 Å². The van der Waals surface area contributed by atoms with E-state index in [1.165, 1.54) is 41.5 Å². The van der Waals surface area contributed by atoms with Crippen LogP contribution < -0.4 is 10.2 Å². The molecule has 0 saturated carbocycles. The largest absolute Gasteiger partial charge is 0.369 e. The number of hydrogen-bond acceptors (Lipinski definition) is 2. The van der Waals surface area contributed by atoms with Gasteiger partial charge in [0.25, 0.3) is 0 Å². The zero-order valence-electron chi connectivity index (χ0n) is 12.2. The van der Waals surface area contributed by atoms with Gasteiger partial charge < -0.3 is 10.2 Å². The van der Waals surface area contributed by atoms with Crippen molar-refractivity contribution in [3.63, 3.8) is 0 Å².